The Morgan fingerprint density at radius 1 is 0.931 bits per heavy atom. The molecule has 3 rings (SSSR count). The highest BCUT2D eigenvalue weighted by atomic mass is 16.5. The lowest BCUT2D eigenvalue weighted by molar-refractivity contribution is -0.137. The zero-order valence-corrected chi connectivity index (χ0v) is 17.0. The van der Waals surface area contributed by atoms with Gasteiger partial charge in [-0.15, -0.1) is 0 Å². The molecule has 0 aromatic heterocycles. The molecule has 1 atom stereocenters. The van der Waals surface area contributed by atoms with Crippen LogP contribution in [0.15, 0.2) is 54.6 Å². The Bertz CT molecular complexity index is 799. The van der Waals surface area contributed by atoms with E-state index in [1.54, 1.807) is 24.3 Å². The van der Waals surface area contributed by atoms with Crippen molar-refractivity contribution in [2.75, 3.05) is 19.7 Å². The molecule has 6 nitrogen and oxygen atoms in total. The third-order valence-electron chi connectivity index (χ3n) is 4.84. The van der Waals surface area contributed by atoms with Gasteiger partial charge in [-0.1, -0.05) is 32.0 Å². The van der Waals surface area contributed by atoms with Crippen LogP contribution in [0.2, 0.25) is 0 Å². The second-order valence-corrected chi connectivity index (χ2v) is 7.50. The van der Waals surface area contributed by atoms with Crippen molar-refractivity contribution in [3.63, 3.8) is 0 Å². The fraction of sp³-hybridized carbons (Fsp3) is 0.391. The fourth-order valence-corrected chi connectivity index (χ4v) is 3.24. The molecule has 0 saturated carbocycles. The Kier molecular flexibility index (Phi) is 7.11. The first-order valence-corrected chi connectivity index (χ1v) is 10.1. The topological polar surface area (TPSA) is 67.9 Å². The Balaban J connectivity index is 1.49. The zero-order chi connectivity index (χ0) is 20.6. The molecule has 154 valence electrons. The standard InChI is InChI=1S/C23H28N2O4/c1-17(2)22(23(27)25-14-6-7-15-25)24-21(26)16-28-18-10-12-20(13-11-18)29-19-8-4-3-5-9-19/h3-5,8-13,17,22H,6-7,14-16H2,1-2H3,(H,24,26)/t22-/m0/s1. The van der Waals surface area contributed by atoms with Gasteiger partial charge < -0.3 is 19.7 Å². The number of carbonyl (C=O) groups is 2. The average molecular weight is 396 g/mol. The number of hydrogen-bond donors (Lipinski definition) is 1. The first kappa shape index (κ1) is 20.7. The van der Waals surface area contributed by atoms with Gasteiger partial charge in [0.1, 0.15) is 23.3 Å². The minimum absolute atomic E-state index is 0.00624. The third-order valence-corrected chi connectivity index (χ3v) is 4.84. The predicted octanol–water partition coefficient (Wildman–Crippen LogP) is 3.62. The second-order valence-electron chi connectivity index (χ2n) is 7.50. The highest BCUT2D eigenvalue weighted by Gasteiger charge is 2.30. The zero-order valence-electron chi connectivity index (χ0n) is 17.0. The van der Waals surface area contributed by atoms with Crippen molar-refractivity contribution in [3.05, 3.63) is 54.6 Å². The van der Waals surface area contributed by atoms with Gasteiger partial charge in [0.15, 0.2) is 6.61 Å². The molecule has 0 bridgehead atoms. The number of nitrogens with zero attached hydrogens (tertiary/aromatic N) is 1. The molecule has 1 aliphatic rings. The maximum absolute atomic E-state index is 12.6. The summed E-state index contributed by atoms with van der Waals surface area (Å²) in [6, 6.07) is 16.0. The smallest absolute Gasteiger partial charge is 0.258 e. The van der Waals surface area contributed by atoms with E-state index in [9.17, 15) is 9.59 Å². The number of likely N-dealkylation sites (tertiary alicyclic amines) is 1. The molecular weight excluding hydrogens is 368 g/mol. The van der Waals surface area contributed by atoms with Gasteiger partial charge in [-0.05, 0) is 55.2 Å². The minimum atomic E-state index is -0.522. The maximum atomic E-state index is 12.6. The van der Waals surface area contributed by atoms with Crippen molar-refractivity contribution in [1.29, 1.82) is 0 Å². The third kappa shape index (κ3) is 5.98. The van der Waals surface area contributed by atoms with Gasteiger partial charge in [0.25, 0.3) is 5.91 Å². The van der Waals surface area contributed by atoms with E-state index in [0.717, 1.165) is 31.7 Å². The Morgan fingerprint density at radius 2 is 1.52 bits per heavy atom. The first-order chi connectivity index (χ1) is 14.0. The van der Waals surface area contributed by atoms with E-state index in [0.29, 0.717) is 11.5 Å². The molecule has 0 spiro atoms. The molecule has 6 heteroatoms. The SMILES string of the molecule is CC(C)[C@H](NC(=O)COc1ccc(Oc2ccccc2)cc1)C(=O)N1CCCC1. The summed E-state index contributed by atoms with van der Waals surface area (Å²) in [5, 5.41) is 2.83. The van der Waals surface area contributed by atoms with Gasteiger partial charge in [-0.2, -0.15) is 0 Å². The highest BCUT2D eigenvalue weighted by Crippen LogP contribution is 2.23. The monoisotopic (exact) mass is 396 g/mol. The Hall–Kier alpha value is -3.02. The number of rotatable bonds is 8. The maximum Gasteiger partial charge on any atom is 0.258 e. The molecule has 0 radical (unpaired) electrons. The summed E-state index contributed by atoms with van der Waals surface area (Å²) in [6.45, 7) is 5.27. The fourth-order valence-electron chi connectivity index (χ4n) is 3.24. The van der Waals surface area contributed by atoms with Gasteiger partial charge in [0.2, 0.25) is 5.91 Å². The van der Waals surface area contributed by atoms with Crippen LogP contribution >= 0.6 is 0 Å². The molecule has 0 unspecified atom stereocenters. The summed E-state index contributed by atoms with van der Waals surface area (Å²) in [7, 11) is 0. The van der Waals surface area contributed by atoms with Crippen LogP contribution in [0.5, 0.6) is 17.2 Å². The lowest BCUT2D eigenvalue weighted by Gasteiger charge is -2.26. The van der Waals surface area contributed by atoms with Gasteiger partial charge in [-0.3, -0.25) is 9.59 Å². The van der Waals surface area contributed by atoms with E-state index in [-0.39, 0.29) is 24.3 Å². The molecule has 1 fully saturated rings. The van der Waals surface area contributed by atoms with Crippen LogP contribution in [0.25, 0.3) is 0 Å². The summed E-state index contributed by atoms with van der Waals surface area (Å²) in [6.07, 6.45) is 2.05. The summed E-state index contributed by atoms with van der Waals surface area (Å²) in [5.41, 5.74) is 0. The Labute approximate surface area is 171 Å². The van der Waals surface area contributed by atoms with E-state index >= 15 is 0 Å². The molecule has 2 aromatic rings. The molecular formula is C23H28N2O4. The van der Waals surface area contributed by atoms with E-state index < -0.39 is 6.04 Å². The Morgan fingerprint density at radius 3 is 2.14 bits per heavy atom. The van der Waals surface area contributed by atoms with Crippen molar-refractivity contribution >= 4 is 11.8 Å². The number of para-hydroxylation sites is 1. The molecule has 2 aromatic carbocycles. The van der Waals surface area contributed by atoms with Crippen LogP contribution in [0, 0.1) is 5.92 Å². The summed E-state index contributed by atoms with van der Waals surface area (Å²) >= 11 is 0. The molecule has 1 heterocycles. The number of amides is 2. The van der Waals surface area contributed by atoms with Crippen LogP contribution in [0.1, 0.15) is 26.7 Å². The number of nitrogens with one attached hydrogen (secondary N) is 1. The van der Waals surface area contributed by atoms with Gasteiger partial charge in [-0.25, -0.2) is 0 Å². The van der Waals surface area contributed by atoms with E-state index in [2.05, 4.69) is 5.32 Å². The lowest BCUT2D eigenvalue weighted by atomic mass is 10.0. The highest BCUT2D eigenvalue weighted by molar-refractivity contribution is 5.88. The summed E-state index contributed by atoms with van der Waals surface area (Å²) in [5.74, 6) is 1.70. The van der Waals surface area contributed by atoms with E-state index in [1.807, 2.05) is 49.1 Å². The van der Waals surface area contributed by atoms with Gasteiger partial charge in [0.05, 0.1) is 0 Å². The number of hydrogen-bond acceptors (Lipinski definition) is 4. The largest absolute Gasteiger partial charge is 0.484 e. The molecule has 29 heavy (non-hydrogen) atoms. The van der Waals surface area contributed by atoms with E-state index in [4.69, 9.17) is 9.47 Å². The van der Waals surface area contributed by atoms with Crippen LogP contribution in [0.3, 0.4) is 0 Å². The number of ether oxygens (including phenoxy) is 2. The second kappa shape index (κ2) is 9.96. The van der Waals surface area contributed by atoms with Crippen LogP contribution in [-0.4, -0.2) is 42.5 Å². The van der Waals surface area contributed by atoms with Crippen molar-refractivity contribution < 1.29 is 19.1 Å². The van der Waals surface area contributed by atoms with Crippen LogP contribution < -0.4 is 14.8 Å². The normalized spacial score (nSPS) is 14.5. The van der Waals surface area contributed by atoms with Gasteiger partial charge in [0, 0.05) is 13.1 Å². The molecule has 2 amide bonds. The van der Waals surface area contributed by atoms with Gasteiger partial charge >= 0.3 is 0 Å². The molecule has 1 saturated heterocycles. The lowest BCUT2D eigenvalue weighted by Crippen LogP contribution is -2.51. The quantitative estimate of drug-likeness (QED) is 0.740. The predicted molar refractivity (Wildman–Crippen MR) is 111 cm³/mol. The summed E-state index contributed by atoms with van der Waals surface area (Å²) < 4.78 is 11.3. The summed E-state index contributed by atoms with van der Waals surface area (Å²) in [4.78, 5) is 26.8. The van der Waals surface area contributed by atoms with E-state index in [1.165, 1.54) is 0 Å². The van der Waals surface area contributed by atoms with Crippen LogP contribution in [-0.2, 0) is 9.59 Å². The van der Waals surface area contributed by atoms with Crippen molar-refractivity contribution in [1.82, 2.24) is 10.2 Å². The van der Waals surface area contributed by atoms with Crippen LogP contribution in [0.4, 0.5) is 0 Å². The molecule has 0 aliphatic carbocycles. The molecule has 1 aliphatic heterocycles. The number of benzene rings is 2. The molecule has 1 N–H and O–H groups in total. The minimum Gasteiger partial charge on any atom is -0.484 e. The average Bonchev–Trinajstić information content (AvgIpc) is 3.26. The van der Waals surface area contributed by atoms with Crippen molar-refractivity contribution in [2.45, 2.75) is 32.7 Å². The number of carbonyl (C=O) groups excluding carboxylic acids is 2. The van der Waals surface area contributed by atoms with Crippen molar-refractivity contribution in [2.24, 2.45) is 5.92 Å². The first-order valence-electron chi connectivity index (χ1n) is 10.1. The van der Waals surface area contributed by atoms with Crippen molar-refractivity contribution in [3.8, 4) is 17.2 Å².